The van der Waals surface area contributed by atoms with Crippen LogP contribution in [-0.4, -0.2) is 36.6 Å². The highest BCUT2D eigenvalue weighted by molar-refractivity contribution is 5.69. The summed E-state index contributed by atoms with van der Waals surface area (Å²) in [6, 6.07) is 2.30. The Morgan fingerprint density at radius 1 is 1.67 bits per heavy atom. The summed E-state index contributed by atoms with van der Waals surface area (Å²) < 4.78 is 4.67. The van der Waals surface area contributed by atoms with E-state index < -0.39 is 0 Å². The molecular formula is C11H18N2O2. The Labute approximate surface area is 90.8 Å². The highest BCUT2D eigenvalue weighted by Crippen LogP contribution is 2.22. The predicted octanol–water partition coefficient (Wildman–Crippen LogP) is 1.32. The summed E-state index contributed by atoms with van der Waals surface area (Å²) >= 11 is 0. The molecule has 0 aromatic heterocycles. The Hall–Kier alpha value is -1.08. The first-order chi connectivity index (χ1) is 7.19. The van der Waals surface area contributed by atoms with Gasteiger partial charge in [-0.3, -0.25) is 9.69 Å². The maximum Gasteiger partial charge on any atom is 0.307 e. The van der Waals surface area contributed by atoms with Gasteiger partial charge in [-0.15, -0.1) is 0 Å². The summed E-state index contributed by atoms with van der Waals surface area (Å²) in [5.41, 5.74) is 0. The fraction of sp³-hybridized carbons (Fsp3) is 0.818. The lowest BCUT2D eigenvalue weighted by Gasteiger charge is -2.36. The summed E-state index contributed by atoms with van der Waals surface area (Å²) in [4.78, 5) is 13.3. The number of piperidine rings is 1. The van der Waals surface area contributed by atoms with Crippen LogP contribution in [0.25, 0.3) is 0 Å². The summed E-state index contributed by atoms with van der Waals surface area (Å²) in [5.74, 6) is -0.183. The van der Waals surface area contributed by atoms with E-state index in [4.69, 9.17) is 5.26 Å². The number of ether oxygens (including phenoxy) is 1. The van der Waals surface area contributed by atoms with Crippen molar-refractivity contribution in [1.29, 1.82) is 5.26 Å². The van der Waals surface area contributed by atoms with Gasteiger partial charge >= 0.3 is 5.97 Å². The van der Waals surface area contributed by atoms with Crippen molar-refractivity contribution in [3.05, 3.63) is 0 Å². The molecule has 2 atom stereocenters. The molecule has 1 aliphatic heterocycles. The number of methoxy groups -OCH3 is 1. The van der Waals surface area contributed by atoms with Crippen LogP contribution in [0.4, 0.5) is 0 Å². The highest BCUT2D eigenvalue weighted by atomic mass is 16.5. The smallest absolute Gasteiger partial charge is 0.307 e. The van der Waals surface area contributed by atoms with Crippen LogP contribution in [0, 0.1) is 11.3 Å². The molecule has 84 valence electrons. The lowest BCUT2D eigenvalue weighted by molar-refractivity contribution is -0.142. The summed E-state index contributed by atoms with van der Waals surface area (Å²) in [6.45, 7) is 2.80. The molecule has 0 saturated carbocycles. The maximum absolute atomic E-state index is 11.2. The van der Waals surface area contributed by atoms with E-state index in [9.17, 15) is 4.79 Å². The molecule has 1 aliphatic rings. The topological polar surface area (TPSA) is 53.3 Å². The lowest BCUT2D eigenvalue weighted by Crippen LogP contribution is -2.45. The van der Waals surface area contributed by atoms with E-state index >= 15 is 0 Å². The first-order valence-corrected chi connectivity index (χ1v) is 5.41. The molecule has 2 unspecified atom stereocenters. The van der Waals surface area contributed by atoms with Crippen LogP contribution >= 0.6 is 0 Å². The van der Waals surface area contributed by atoms with E-state index in [2.05, 4.69) is 15.7 Å². The molecule has 0 aromatic carbocycles. The predicted molar refractivity (Wildman–Crippen MR) is 56.1 cm³/mol. The van der Waals surface area contributed by atoms with Crippen molar-refractivity contribution in [3.8, 4) is 6.07 Å². The Bertz CT molecular complexity index is 260. The highest BCUT2D eigenvalue weighted by Gasteiger charge is 2.28. The van der Waals surface area contributed by atoms with Gasteiger partial charge in [0.2, 0.25) is 0 Å². The number of nitriles is 1. The maximum atomic E-state index is 11.2. The van der Waals surface area contributed by atoms with Crippen molar-refractivity contribution in [2.24, 2.45) is 0 Å². The van der Waals surface area contributed by atoms with Crippen molar-refractivity contribution < 1.29 is 9.53 Å². The normalized spacial score (nSPS) is 24.2. The van der Waals surface area contributed by atoms with Crippen LogP contribution in [0.2, 0.25) is 0 Å². The number of esters is 1. The van der Waals surface area contributed by atoms with Gasteiger partial charge in [0.25, 0.3) is 0 Å². The summed E-state index contributed by atoms with van der Waals surface area (Å²) in [7, 11) is 1.41. The van der Waals surface area contributed by atoms with Gasteiger partial charge in [-0.25, -0.2) is 0 Å². The van der Waals surface area contributed by atoms with Crippen molar-refractivity contribution >= 4 is 5.97 Å². The molecule has 1 rings (SSSR count). The van der Waals surface area contributed by atoms with E-state index in [1.54, 1.807) is 0 Å². The van der Waals surface area contributed by atoms with Crippen LogP contribution < -0.4 is 0 Å². The third kappa shape index (κ3) is 3.21. The number of carbonyl (C=O) groups excluding carboxylic acids is 1. The van der Waals surface area contributed by atoms with Crippen LogP contribution in [0.3, 0.4) is 0 Å². The van der Waals surface area contributed by atoms with Gasteiger partial charge in [0.15, 0.2) is 0 Å². The molecule has 1 heterocycles. The monoisotopic (exact) mass is 210 g/mol. The van der Waals surface area contributed by atoms with Gasteiger partial charge in [0.05, 0.1) is 25.6 Å². The number of nitrogens with zero attached hydrogens (tertiary/aromatic N) is 2. The zero-order valence-electron chi connectivity index (χ0n) is 9.40. The second kappa shape index (κ2) is 5.72. The Morgan fingerprint density at radius 3 is 3.00 bits per heavy atom. The van der Waals surface area contributed by atoms with E-state index in [1.807, 2.05) is 6.92 Å². The summed E-state index contributed by atoms with van der Waals surface area (Å²) in [5, 5.41) is 8.89. The average Bonchev–Trinajstić information content (AvgIpc) is 2.28. The Morgan fingerprint density at radius 2 is 2.40 bits per heavy atom. The molecule has 0 aromatic rings. The molecule has 0 radical (unpaired) electrons. The molecule has 0 N–H and O–H groups in total. The van der Waals surface area contributed by atoms with Crippen molar-refractivity contribution in [1.82, 2.24) is 4.90 Å². The van der Waals surface area contributed by atoms with Crippen LogP contribution in [0.1, 0.15) is 32.6 Å². The van der Waals surface area contributed by atoms with Crippen molar-refractivity contribution in [2.75, 3.05) is 13.7 Å². The van der Waals surface area contributed by atoms with Crippen molar-refractivity contribution in [2.45, 2.75) is 44.7 Å². The lowest BCUT2D eigenvalue weighted by atomic mass is 9.98. The Kier molecular flexibility index (Phi) is 4.57. The molecule has 15 heavy (non-hydrogen) atoms. The molecule has 4 heteroatoms. The van der Waals surface area contributed by atoms with Crippen molar-refractivity contribution in [3.63, 3.8) is 0 Å². The quantitative estimate of drug-likeness (QED) is 0.659. The fourth-order valence-corrected chi connectivity index (χ4v) is 2.10. The fourth-order valence-electron chi connectivity index (χ4n) is 2.10. The van der Waals surface area contributed by atoms with E-state index in [1.165, 1.54) is 7.11 Å². The number of likely N-dealkylation sites (tertiary alicyclic amines) is 1. The molecule has 0 spiro atoms. The second-order valence-electron chi connectivity index (χ2n) is 3.97. The molecule has 1 fully saturated rings. The third-order valence-corrected chi connectivity index (χ3v) is 2.99. The van der Waals surface area contributed by atoms with Crippen LogP contribution in [-0.2, 0) is 9.53 Å². The number of hydrogen-bond acceptors (Lipinski definition) is 4. The van der Waals surface area contributed by atoms with Gasteiger partial charge in [-0.1, -0.05) is 6.42 Å². The van der Waals surface area contributed by atoms with E-state index in [0.717, 1.165) is 25.8 Å². The van der Waals surface area contributed by atoms with Gasteiger partial charge in [0, 0.05) is 6.04 Å². The van der Waals surface area contributed by atoms with E-state index in [-0.39, 0.29) is 18.1 Å². The molecular weight excluding hydrogens is 192 g/mol. The Balaban J connectivity index is 2.58. The van der Waals surface area contributed by atoms with Gasteiger partial charge in [-0.05, 0) is 26.3 Å². The molecule has 4 nitrogen and oxygen atoms in total. The molecule has 0 amide bonds. The van der Waals surface area contributed by atoms with Crippen LogP contribution in [0.15, 0.2) is 0 Å². The van der Waals surface area contributed by atoms with E-state index in [0.29, 0.717) is 6.42 Å². The number of carbonyl (C=O) groups is 1. The number of rotatable bonds is 3. The zero-order chi connectivity index (χ0) is 11.3. The first kappa shape index (κ1) is 12.0. The van der Waals surface area contributed by atoms with Gasteiger partial charge < -0.3 is 4.74 Å². The number of hydrogen-bond donors (Lipinski definition) is 0. The minimum Gasteiger partial charge on any atom is -0.469 e. The summed E-state index contributed by atoms with van der Waals surface area (Å²) in [6.07, 6.45) is 3.64. The first-order valence-electron chi connectivity index (χ1n) is 5.41. The minimum atomic E-state index is -0.183. The molecule has 0 bridgehead atoms. The van der Waals surface area contributed by atoms with Gasteiger partial charge in [0.1, 0.15) is 0 Å². The largest absolute Gasteiger partial charge is 0.469 e. The van der Waals surface area contributed by atoms with Gasteiger partial charge in [-0.2, -0.15) is 5.26 Å². The molecule has 1 saturated heterocycles. The average molecular weight is 210 g/mol. The third-order valence-electron chi connectivity index (χ3n) is 2.99. The second-order valence-corrected chi connectivity index (χ2v) is 3.97. The standard InChI is InChI=1S/C11H18N2O2/c1-9(8-12)13-6-4-3-5-10(13)7-11(14)15-2/h9-10H,3-7H2,1-2H3. The SMILES string of the molecule is COC(=O)CC1CCCCN1C(C)C#N. The van der Waals surface area contributed by atoms with Crippen LogP contribution in [0.5, 0.6) is 0 Å². The zero-order valence-corrected chi connectivity index (χ0v) is 9.40. The molecule has 0 aliphatic carbocycles. The minimum absolute atomic E-state index is 0.111.